The summed E-state index contributed by atoms with van der Waals surface area (Å²) in [7, 11) is 0. The Morgan fingerprint density at radius 3 is 2.60 bits per heavy atom. The van der Waals surface area contributed by atoms with Gasteiger partial charge in [-0.25, -0.2) is 14.4 Å². The second-order valence-electron chi connectivity index (χ2n) is 9.41. The number of aliphatic hydroxyl groups is 1. The van der Waals surface area contributed by atoms with Crippen LogP contribution in [0.5, 0.6) is 5.75 Å². The van der Waals surface area contributed by atoms with Gasteiger partial charge in [0.1, 0.15) is 23.3 Å². The Balaban J connectivity index is 1.70. The first-order valence-corrected chi connectivity index (χ1v) is 11.3. The summed E-state index contributed by atoms with van der Waals surface area (Å²) >= 11 is 0. The van der Waals surface area contributed by atoms with Crippen molar-refractivity contribution in [2.24, 2.45) is 0 Å². The molecule has 0 spiro atoms. The summed E-state index contributed by atoms with van der Waals surface area (Å²) in [5, 5.41) is 13.7. The molecule has 1 aliphatic heterocycles. The minimum atomic E-state index is -3.53. The number of anilines is 2. The number of nitrogens with two attached hydrogens (primary N) is 1. The number of ether oxygens (including phenoxy) is 2. The third-order valence-electron chi connectivity index (χ3n) is 6.00. The van der Waals surface area contributed by atoms with Crippen LogP contribution in [0.4, 0.5) is 24.7 Å². The van der Waals surface area contributed by atoms with Gasteiger partial charge in [-0.2, -0.15) is 8.78 Å². The van der Waals surface area contributed by atoms with E-state index in [0.717, 1.165) is 19.9 Å². The molecule has 2 heterocycles. The van der Waals surface area contributed by atoms with E-state index < -0.39 is 28.9 Å². The monoisotopic (exact) mass is 490 g/mol. The maximum atomic E-state index is 14.8. The van der Waals surface area contributed by atoms with Crippen molar-refractivity contribution >= 4 is 22.4 Å². The number of hydrogen-bond acceptors (Lipinski definition) is 7. The van der Waals surface area contributed by atoms with E-state index in [4.69, 9.17) is 15.2 Å². The molecule has 0 saturated carbocycles. The fourth-order valence-electron chi connectivity index (χ4n) is 3.98. The lowest BCUT2D eigenvalue weighted by molar-refractivity contribution is -0.168. The van der Waals surface area contributed by atoms with Crippen LogP contribution >= 0.6 is 0 Å². The van der Waals surface area contributed by atoms with E-state index in [1.165, 1.54) is 18.2 Å². The van der Waals surface area contributed by atoms with Gasteiger partial charge in [0.2, 0.25) is 0 Å². The highest BCUT2D eigenvalue weighted by atomic mass is 19.3. The summed E-state index contributed by atoms with van der Waals surface area (Å²) < 4.78 is 55.4. The predicted molar refractivity (Wildman–Crippen MR) is 127 cm³/mol. The van der Waals surface area contributed by atoms with Crippen LogP contribution in [0.2, 0.25) is 0 Å². The van der Waals surface area contributed by atoms with Crippen LogP contribution in [-0.2, 0) is 10.7 Å². The van der Waals surface area contributed by atoms with Crippen molar-refractivity contribution in [2.45, 2.75) is 57.8 Å². The van der Waals surface area contributed by atoms with Crippen LogP contribution in [0.25, 0.3) is 10.9 Å². The molecule has 2 aromatic carbocycles. The van der Waals surface area contributed by atoms with Crippen molar-refractivity contribution < 1.29 is 27.8 Å². The fourth-order valence-corrected chi connectivity index (χ4v) is 3.98. The largest absolute Gasteiger partial charge is 0.485 e. The molecule has 0 amide bonds. The number of alkyl halides is 2. The normalized spacial score (nSPS) is 17.5. The summed E-state index contributed by atoms with van der Waals surface area (Å²) in [5.41, 5.74) is 4.23. The third kappa shape index (κ3) is 5.13. The Kier molecular flexibility index (Phi) is 6.54. The SMILES string of the molecule is Cc1nc(N[C@H](C)c2cc(N)cc(C(F)(F)C(C)(C)O)c2)c2cc(O[C@H]3CCOC3)c(F)cc2n1. The second-order valence-corrected chi connectivity index (χ2v) is 9.41. The van der Waals surface area contributed by atoms with Gasteiger partial charge < -0.3 is 25.6 Å². The lowest BCUT2D eigenvalue weighted by atomic mass is 9.91. The number of fused-ring (bicyclic) bond motifs is 1. The molecule has 3 aromatic rings. The Morgan fingerprint density at radius 1 is 1.20 bits per heavy atom. The average Bonchev–Trinajstić information content (AvgIpc) is 3.26. The molecular weight excluding hydrogens is 461 g/mol. The van der Waals surface area contributed by atoms with E-state index in [1.807, 2.05) is 0 Å². The lowest BCUT2D eigenvalue weighted by Crippen LogP contribution is -2.40. The van der Waals surface area contributed by atoms with Gasteiger partial charge in [0.15, 0.2) is 11.6 Å². The van der Waals surface area contributed by atoms with Gasteiger partial charge in [-0.1, -0.05) is 0 Å². The van der Waals surface area contributed by atoms with Gasteiger partial charge >= 0.3 is 5.92 Å². The summed E-state index contributed by atoms with van der Waals surface area (Å²) in [5.74, 6) is -3.21. The molecular formula is C25H29F3N4O3. The molecule has 1 fully saturated rings. The predicted octanol–water partition coefficient (Wildman–Crippen LogP) is 4.86. The van der Waals surface area contributed by atoms with Crippen LogP contribution in [0.1, 0.15) is 50.2 Å². The van der Waals surface area contributed by atoms with Crippen molar-refractivity contribution in [3.63, 3.8) is 0 Å². The first kappa shape index (κ1) is 25.0. The van der Waals surface area contributed by atoms with Crippen LogP contribution in [0.15, 0.2) is 30.3 Å². The van der Waals surface area contributed by atoms with E-state index in [1.54, 1.807) is 19.9 Å². The maximum Gasteiger partial charge on any atom is 0.300 e. The molecule has 10 heteroatoms. The van der Waals surface area contributed by atoms with E-state index in [0.29, 0.717) is 47.7 Å². The molecule has 2 atom stereocenters. The zero-order chi connectivity index (χ0) is 25.5. The molecule has 35 heavy (non-hydrogen) atoms. The quantitative estimate of drug-likeness (QED) is 0.407. The molecule has 188 valence electrons. The van der Waals surface area contributed by atoms with E-state index in [-0.39, 0.29) is 17.5 Å². The van der Waals surface area contributed by atoms with E-state index in [2.05, 4.69) is 15.3 Å². The molecule has 0 aliphatic carbocycles. The van der Waals surface area contributed by atoms with E-state index in [9.17, 15) is 18.3 Å². The number of aryl methyl sites for hydroxylation is 1. The highest BCUT2D eigenvalue weighted by Gasteiger charge is 2.47. The highest BCUT2D eigenvalue weighted by molar-refractivity contribution is 5.90. The lowest BCUT2D eigenvalue weighted by Gasteiger charge is -2.30. The molecule has 4 N–H and O–H groups in total. The Morgan fingerprint density at radius 2 is 1.94 bits per heavy atom. The number of rotatable bonds is 7. The molecule has 0 radical (unpaired) electrons. The standard InChI is InChI=1S/C25H29F3N4O3/c1-13(15-7-16(9-17(29)8-15)25(27,28)24(3,4)33)30-23-19-10-22(35-18-5-6-34-12-18)20(26)11-21(19)31-14(2)32-23/h7-11,13,18,33H,5-6,12,29H2,1-4H3,(H,30,31,32)/t13-,18+/m1/s1. The van der Waals surface area contributed by atoms with Crippen LogP contribution in [0.3, 0.4) is 0 Å². The molecule has 1 aromatic heterocycles. The minimum absolute atomic E-state index is 0.0622. The van der Waals surface area contributed by atoms with Gasteiger partial charge in [0.05, 0.1) is 24.8 Å². The topological polar surface area (TPSA) is 103 Å². The number of nitrogen functional groups attached to an aromatic ring is 1. The van der Waals surface area contributed by atoms with Crippen molar-refractivity contribution in [2.75, 3.05) is 24.3 Å². The number of aromatic nitrogens is 2. The van der Waals surface area contributed by atoms with Crippen LogP contribution in [0, 0.1) is 12.7 Å². The summed E-state index contributed by atoms with van der Waals surface area (Å²) in [6, 6.07) is 6.34. The first-order valence-electron chi connectivity index (χ1n) is 11.3. The van der Waals surface area contributed by atoms with Crippen LogP contribution < -0.4 is 15.8 Å². The molecule has 0 unspecified atom stereocenters. The van der Waals surface area contributed by atoms with Gasteiger partial charge in [0.25, 0.3) is 0 Å². The molecule has 4 rings (SSSR count). The van der Waals surface area contributed by atoms with Crippen LogP contribution in [-0.4, -0.2) is 40.0 Å². The van der Waals surface area contributed by atoms with Gasteiger partial charge in [-0.15, -0.1) is 0 Å². The van der Waals surface area contributed by atoms with Gasteiger partial charge in [-0.05, 0) is 57.5 Å². The third-order valence-corrected chi connectivity index (χ3v) is 6.00. The molecule has 0 bridgehead atoms. The maximum absolute atomic E-state index is 14.8. The van der Waals surface area contributed by atoms with E-state index >= 15 is 0 Å². The highest BCUT2D eigenvalue weighted by Crippen LogP contribution is 2.40. The fraction of sp³-hybridized carbons (Fsp3) is 0.440. The molecule has 7 nitrogen and oxygen atoms in total. The number of nitrogens with one attached hydrogen (secondary N) is 1. The zero-order valence-electron chi connectivity index (χ0n) is 20.0. The van der Waals surface area contributed by atoms with Crippen molar-refractivity contribution in [3.05, 3.63) is 53.1 Å². The number of nitrogens with zero attached hydrogens (tertiary/aromatic N) is 2. The number of hydrogen-bond donors (Lipinski definition) is 3. The summed E-state index contributed by atoms with van der Waals surface area (Å²) in [6.45, 7) is 6.47. The Bertz CT molecular complexity index is 1240. The average molecular weight is 491 g/mol. The first-order chi connectivity index (χ1) is 16.3. The zero-order valence-corrected chi connectivity index (χ0v) is 20.0. The molecule has 1 saturated heterocycles. The van der Waals surface area contributed by atoms with Crippen molar-refractivity contribution in [1.82, 2.24) is 9.97 Å². The Labute approximate surface area is 201 Å². The summed E-state index contributed by atoms with van der Waals surface area (Å²) in [6.07, 6.45) is 0.420. The second kappa shape index (κ2) is 9.16. The summed E-state index contributed by atoms with van der Waals surface area (Å²) in [4.78, 5) is 8.78. The number of halogens is 3. The Hall–Kier alpha value is -3.11. The minimum Gasteiger partial charge on any atom is -0.485 e. The van der Waals surface area contributed by atoms with Crippen molar-refractivity contribution in [3.8, 4) is 5.75 Å². The van der Waals surface area contributed by atoms with Gasteiger partial charge in [-0.3, -0.25) is 0 Å². The van der Waals surface area contributed by atoms with Gasteiger partial charge in [0, 0.05) is 29.1 Å². The van der Waals surface area contributed by atoms with Crippen molar-refractivity contribution in [1.29, 1.82) is 0 Å². The smallest absolute Gasteiger partial charge is 0.300 e. The number of benzene rings is 2. The molecule has 1 aliphatic rings.